The number of benzene rings is 1. The van der Waals surface area contributed by atoms with Crippen molar-refractivity contribution in [3.63, 3.8) is 0 Å². The topological polar surface area (TPSA) is 67.8 Å². The standard InChI is InChI=1S/C20H25ClF2N4O2/c1-3-24-20(26-11-9-15-5-7-18(21)27-13-15)25-10-8-14-4-6-16(28-2)17(12-14)29-19(22)23/h4-7,12-13,19H,3,8-11H2,1-2H3,(H2,24,25,26). The van der Waals surface area contributed by atoms with Gasteiger partial charge in [-0.3, -0.25) is 4.99 Å². The summed E-state index contributed by atoms with van der Waals surface area (Å²) in [6, 6.07) is 8.66. The third-order valence-electron chi connectivity index (χ3n) is 3.95. The third-order valence-corrected chi connectivity index (χ3v) is 4.18. The quantitative estimate of drug-likeness (QED) is 0.344. The molecular weight excluding hydrogens is 402 g/mol. The molecule has 2 aromatic rings. The molecule has 9 heteroatoms. The molecule has 0 aliphatic heterocycles. The van der Waals surface area contributed by atoms with E-state index in [9.17, 15) is 8.78 Å². The molecule has 0 radical (unpaired) electrons. The van der Waals surface area contributed by atoms with Gasteiger partial charge in [0.05, 0.1) is 7.11 Å². The van der Waals surface area contributed by atoms with Crippen molar-refractivity contribution < 1.29 is 18.3 Å². The highest BCUT2D eigenvalue weighted by Gasteiger charge is 2.11. The molecule has 1 heterocycles. The first kappa shape index (κ1) is 22.7. The Balaban J connectivity index is 1.89. The van der Waals surface area contributed by atoms with E-state index in [1.807, 2.05) is 13.0 Å². The van der Waals surface area contributed by atoms with Gasteiger partial charge in [-0.1, -0.05) is 23.7 Å². The predicted molar refractivity (Wildman–Crippen MR) is 110 cm³/mol. The first-order valence-corrected chi connectivity index (χ1v) is 9.64. The summed E-state index contributed by atoms with van der Waals surface area (Å²) in [4.78, 5) is 8.58. The molecule has 29 heavy (non-hydrogen) atoms. The minimum Gasteiger partial charge on any atom is -0.493 e. The molecular formula is C20H25ClF2N4O2. The molecule has 2 rings (SSSR count). The van der Waals surface area contributed by atoms with Crippen LogP contribution in [0.1, 0.15) is 18.1 Å². The Morgan fingerprint density at radius 2 is 1.93 bits per heavy atom. The Morgan fingerprint density at radius 3 is 2.59 bits per heavy atom. The number of nitrogens with one attached hydrogen (secondary N) is 2. The SMILES string of the molecule is CCNC(=NCCc1ccc(OC)c(OC(F)F)c1)NCCc1ccc(Cl)nc1. The second-order valence-corrected chi connectivity index (χ2v) is 6.43. The number of aromatic nitrogens is 1. The van der Waals surface area contributed by atoms with Crippen LogP contribution in [0.2, 0.25) is 5.15 Å². The highest BCUT2D eigenvalue weighted by Crippen LogP contribution is 2.29. The zero-order valence-corrected chi connectivity index (χ0v) is 17.2. The van der Waals surface area contributed by atoms with Crippen LogP contribution in [0.3, 0.4) is 0 Å². The van der Waals surface area contributed by atoms with Crippen molar-refractivity contribution in [2.45, 2.75) is 26.4 Å². The van der Waals surface area contributed by atoms with Gasteiger partial charge in [0.2, 0.25) is 0 Å². The van der Waals surface area contributed by atoms with Crippen LogP contribution < -0.4 is 20.1 Å². The third kappa shape index (κ3) is 8.11. The van der Waals surface area contributed by atoms with Crippen LogP contribution >= 0.6 is 11.6 Å². The average molecular weight is 427 g/mol. The highest BCUT2D eigenvalue weighted by molar-refractivity contribution is 6.29. The Labute approximate surface area is 174 Å². The Morgan fingerprint density at radius 1 is 1.14 bits per heavy atom. The van der Waals surface area contributed by atoms with Gasteiger partial charge >= 0.3 is 6.61 Å². The lowest BCUT2D eigenvalue weighted by molar-refractivity contribution is -0.0512. The summed E-state index contributed by atoms with van der Waals surface area (Å²) in [5, 5.41) is 6.91. The smallest absolute Gasteiger partial charge is 0.387 e. The van der Waals surface area contributed by atoms with E-state index in [1.165, 1.54) is 7.11 Å². The average Bonchev–Trinajstić information content (AvgIpc) is 2.69. The zero-order valence-electron chi connectivity index (χ0n) is 16.4. The maximum atomic E-state index is 12.5. The second kappa shape index (κ2) is 12.1. The van der Waals surface area contributed by atoms with Crippen LogP contribution in [0.15, 0.2) is 41.5 Å². The van der Waals surface area contributed by atoms with Crippen molar-refractivity contribution in [3.8, 4) is 11.5 Å². The number of nitrogens with zero attached hydrogens (tertiary/aromatic N) is 2. The van der Waals surface area contributed by atoms with Gasteiger partial charge in [0.1, 0.15) is 5.15 Å². The molecule has 0 aliphatic rings. The van der Waals surface area contributed by atoms with E-state index in [0.717, 1.165) is 24.1 Å². The number of aliphatic imine (C=N–C) groups is 1. The molecule has 0 amide bonds. The van der Waals surface area contributed by atoms with E-state index in [0.29, 0.717) is 30.6 Å². The van der Waals surface area contributed by atoms with Crippen LogP contribution in [0, 0.1) is 0 Å². The summed E-state index contributed by atoms with van der Waals surface area (Å²) < 4.78 is 34.6. The van der Waals surface area contributed by atoms with Gasteiger partial charge in [0, 0.05) is 25.8 Å². The van der Waals surface area contributed by atoms with Gasteiger partial charge in [-0.05, 0) is 49.1 Å². The van der Waals surface area contributed by atoms with Gasteiger partial charge in [-0.25, -0.2) is 4.98 Å². The molecule has 0 saturated carbocycles. The number of guanidine groups is 1. The normalized spacial score (nSPS) is 11.4. The summed E-state index contributed by atoms with van der Waals surface area (Å²) in [5.41, 5.74) is 1.90. The van der Waals surface area contributed by atoms with Gasteiger partial charge < -0.3 is 20.1 Å². The minimum atomic E-state index is -2.91. The fourth-order valence-corrected chi connectivity index (χ4v) is 2.69. The van der Waals surface area contributed by atoms with Gasteiger partial charge in [-0.15, -0.1) is 0 Å². The number of ether oxygens (including phenoxy) is 2. The molecule has 158 valence electrons. The van der Waals surface area contributed by atoms with E-state index >= 15 is 0 Å². The van der Waals surface area contributed by atoms with Crippen molar-refractivity contribution in [1.29, 1.82) is 0 Å². The lowest BCUT2D eigenvalue weighted by Crippen LogP contribution is -2.38. The molecule has 0 atom stereocenters. The van der Waals surface area contributed by atoms with Gasteiger partial charge in [0.15, 0.2) is 17.5 Å². The lowest BCUT2D eigenvalue weighted by Gasteiger charge is -2.12. The van der Waals surface area contributed by atoms with Crippen LogP contribution in [0.5, 0.6) is 11.5 Å². The molecule has 0 fully saturated rings. The number of methoxy groups -OCH3 is 1. The van der Waals surface area contributed by atoms with Crippen molar-refractivity contribution >= 4 is 17.6 Å². The van der Waals surface area contributed by atoms with Crippen molar-refractivity contribution in [2.75, 3.05) is 26.7 Å². The number of alkyl halides is 2. The largest absolute Gasteiger partial charge is 0.493 e. The number of rotatable bonds is 10. The molecule has 0 unspecified atom stereocenters. The van der Waals surface area contributed by atoms with Crippen LogP contribution in [-0.2, 0) is 12.8 Å². The van der Waals surface area contributed by atoms with E-state index in [1.54, 1.807) is 30.5 Å². The number of halogens is 3. The molecule has 0 bridgehead atoms. The van der Waals surface area contributed by atoms with E-state index in [4.69, 9.17) is 16.3 Å². The summed E-state index contributed by atoms with van der Waals surface area (Å²) in [6.07, 6.45) is 3.10. The van der Waals surface area contributed by atoms with E-state index < -0.39 is 6.61 Å². The summed E-state index contributed by atoms with van der Waals surface area (Å²) in [5.74, 6) is 0.974. The monoisotopic (exact) mass is 426 g/mol. The van der Waals surface area contributed by atoms with Crippen LogP contribution in [0.25, 0.3) is 0 Å². The Kier molecular flexibility index (Phi) is 9.43. The van der Waals surface area contributed by atoms with Crippen LogP contribution in [-0.4, -0.2) is 44.3 Å². The van der Waals surface area contributed by atoms with Crippen molar-refractivity contribution in [2.24, 2.45) is 4.99 Å². The molecule has 0 aliphatic carbocycles. The second-order valence-electron chi connectivity index (χ2n) is 6.04. The number of hydrogen-bond acceptors (Lipinski definition) is 4. The fraction of sp³-hybridized carbons (Fsp3) is 0.400. The lowest BCUT2D eigenvalue weighted by atomic mass is 10.1. The predicted octanol–water partition coefficient (Wildman–Crippen LogP) is 3.69. The van der Waals surface area contributed by atoms with E-state index in [2.05, 4.69) is 25.3 Å². The number of pyridine rings is 1. The maximum Gasteiger partial charge on any atom is 0.387 e. The highest BCUT2D eigenvalue weighted by atomic mass is 35.5. The summed E-state index contributed by atoms with van der Waals surface area (Å²) >= 11 is 5.79. The molecule has 2 N–H and O–H groups in total. The van der Waals surface area contributed by atoms with Crippen molar-refractivity contribution in [1.82, 2.24) is 15.6 Å². The van der Waals surface area contributed by atoms with Crippen molar-refractivity contribution in [3.05, 3.63) is 52.8 Å². The number of hydrogen-bond donors (Lipinski definition) is 2. The molecule has 0 saturated heterocycles. The first-order chi connectivity index (χ1) is 14.0. The molecule has 0 spiro atoms. The first-order valence-electron chi connectivity index (χ1n) is 9.26. The zero-order chi connectivity index (χ0) is 21.1. The maximum absolute atomic E-state index is 12.5. The van der Waals surface area contributed by atoms with Gasteiger partial charge in [-0.2, -0.15) is 8.78 Å². The minimum absolute atomic E-state index is 0.0191. The van der Waals surface area contributed by atoms with E-state index in [-0.39, 0.29) is 11.5 Å². The summed E-state index contributed by atoms with van der Waals surface area (Å²) in [7, 11) is 1.41. The molecule has 1 aromatic heterocycles. The summed E-state index contributed by atoms with van der Waals surface area (Å²) in [6.45, 7) is 0.973. The Bertz CT molecular complexity index is 789. The van der Waals surface area contributed by atoms with Gasteiger partial charge in [0.25, 0.3) is 0 Å². The molecule has 6 nitrogen and oxygen atoms in total. The molecule has 1 aromatic carbocycles. The fourth-order valence-electron chi connectivity index (χ4n) is 2.58. The Hall–Kier alpha value is -2.61. The van der Waals surface area contributed by atoms with Crippen LogP contribution in [0.4, 0.5) is 8.78 Å².